The first kappa shape index (κ1) is 17.9. The Balaban J connectivity index is 4.39. The van der Waals surface area contributed by atoms with Crippen molar-refractivity contribution in [1.82, 2.24) is 4.90 Å². The molecule has 0 heterocycles. The summed E-state index contributed by atoms with van der Waals surface area (Å²) in [5.41, 5.74) is 0. The fraction of sp³-hybridized carbons (Fsp3) is 1.00. The molecule has 0 spiro atoms. The Kier molecular flexibility index (Phi) is 11.9. The minimum absolute atomic E-state index is 0.118. The van der Waals surface area contributed by atoms with E-state index in [1.165, 1.54) is 51.6 Å². The van der Waals surface area contributed by atoms with Gasteiger partial charge in [-0.15, -0.1) is 0 Å². The van der Waals surface area contributed by atoms with Crippen LogP contribution in [0.1, 0.15) is 79.1 Å². The van der Waals surface area contributed by atoms with Crippen molar-refractivity contribution in [2.45, 2.75) is 91.2 Å². The Morgan fingerprint density at radius 3 is 1.83 bits per heavy atom. The van der Waals surface area contributed by atoms with Crippen LogP contribution in [0.5, 0.6) is 0 Å². The summed E-state index contributed by atoms with van der Waals surface area (Å²) in [6, 6.07) is 0.586. The molecule has 0 saturated carbocycles. The molecule has 18 heavy (non-hydrogen) atoms. The molecule has 2 heteroatoms. The Labute approximate surface area is 115 Å². The van der Waals surface area contributed by atoms with Gasteiger partial charge < -0.3 is 10.0 Å². The van der Waals surface area contributed by atoms with E-state index < -0.39 is 0 Å². The molecule has 0 rings (SSSR count). The molecule has 0 fully saturated rings. The number of nitrogens with zero attached hydrogens (tertiary/aromatic N) is 1. The molecule has 1 N–H and O–H groups in total. The third kappa shape index (κ3) is 8.10. The Morgan fingerprint density at radius 2 is 1.44 bits per heavy atom. The van der Waals surface area contributed by atoms with E-state index in [2.05, 4.69) is 32.6 Å². The largest absolute Gasteiger partial charge is 0.393 e. The van der Waals surface area contributed by atoms with Crippen molar-refractivity contribution in [3.05, 3.63) is 0 Å². The van der Waals surface area contributed by atoms with E-state index in [0.29, 0.717) is 6.04 Å². The summed E-state index contributed by atoms with van der Waals surface area (Å²) in [4.78, 5) is 2.63. The lowest BCUT2D eigenvalue weighted by Gasteiger charge is -2.33. The van der Waals surface area contributed by atoms with Gasteiger partial charge in [0.1, 0.15) is 0 Å². The second-order valence-electron chi connectivity index (χ2n) is 5.48. The second kappa shape index (κ2) is 12.0. The standard InChI is InChI=1S/C16H35NO/c1-5-9-12-17(13-10-6-2)15(11-7-3)14-16(18)8-4/h15-16,18H,5-14H2,1-4H3. The highest BCUT2D eigenvalue weighted by Crippen LogP contribution is 2.17. The fourth-order valence-corrected chi connectivity index (χ4v) is 2.46. The monoisotopic (exact) mass is 257 g/mol. The average Bonchev–Trinajstić information content (AvgIpc) is 2.38. The first-order chi connectivity index (χ1) is 8.69. The lowest BCUT2D eigenvalue weighted by atomic mass is 10.0. The molecule has 0 bridgehead atoms. The first-order valence-corrected chi connectivity index (χ1v) is 8.11. The summed E-state index contributed by atoms with van der Waals surface area (Å²) >= 11 is 0. The normalized spacial score (nSPS) is 15.0. The van der Waals surface area contributed by atoms with Crippen molar-refractivity contribution >= 4 is 0 Å². The highest BCUT2D eigenvalue weighted by atomic mass is 16.3. The summed E-state index contributed by atoms with van der Waals surface area (Å²) < 4.78 is 0. The molecule has 0 aromatic heterocycles. The molecule has 0 amide bonds. The van der Waals surface area contributed by atoms with Crippen molar-refractivity contribution < 1.29 is 5.11 Å². The lowest BCUT2D eigenvalue weighted by Crippen LogP contribution is -2.39. The van der Waals surface area contributed by atoms with Crippen LogP contribution in [0.25, 0.3) is 0 Å². The van der Waals surface area contributed by atoms with Crippen LogP contribution in [0.15, 0.2) is 0 Å². The summed E-state index contributed by atoms with van der Waals surface area (Å²) in [5, 5.41) is 9.93. The quantitative estimate of drug-likeness (QED) is 0.566. The van der Waals surface area contributed by atoms with E-state index in [9.17, 15) is 5.11 Å². The molecule has 2 unspecified atom stereocenters. The maximum absolute atomic E-state index is 9.93. The zero-order valence-corrected chi connectivity index (χ0v) is 13.1. The topological polar surface area (TPSA) is 23.5 Å². The van der Waals surface area contributed by atoms with E-state index in [-0.39, 0.29) is 6.10 Å². The van der Waals surface area contributed by atoms with Crippen LogP contribution in [0.2, 0.25) is 0 Å². The van der Waals surface area contributed by atoms with E-state index in [1.807, 2.05) is 0 Å². The first-order valence-electron chi connectivity index (χ1n) is 8.11. The third-order valence-corrected chi connectivity index (χ3v) is 3.75. The van der Waals surface area contributed by atoms with Crippen LogP contribution < -0.4 is 0 Å². The number of rotatable bonds is 12. The number of hydrogen-bond acceptors (Lipinski definition) is 2. The number of aliphatic hydroxyl groups excluding tert-OH is 1. The molecule has 0 aliphatic heterocycles. The smallest absolute Gasteiger partial charge is 0.0552 e. The molecule has 0 aliphatic carbocycles. The van der Waals surface area contributed by atoms with E-state index in [0.717, 1.165) is 12.8 Å². The van der Waals surface area contributed by atoms with Crippen LogP contribution in [0.3, 0.4) is 0 Å². The van der Waals surface area contributed by atoms with Gasteiger partial charge in [0.25, 0.3) is 0 Å². The molecular weight excluding hydrogens is 222 g/mol. The van der Waals surface area contributed by atoms with E-state index in [4.69, 9.17) is 0 Å². The Bertz CT molecular complexity index is 164. The van der Waals surface area contributed by atoms with E-state index >= 15 is 0 Å². The van der Waals surface area contributed by atoms with Gasteiger partial charge in [-0.05, 0) is 45.2 Å². The van der Waals surface area contributed by atoms with Gasteiger partial charge in [0, 0.05) is 6.04 Å². The van der Waals surface area contributed by atoms with Crippen LogP contribution in [0, 0.1) is 0 Å². The molecule has 0 aromatic carbocycles. The highest BCUT2D eigenvalue weighted by Gasteiger charge is 2.19. The van der Waals surface area contributed by atoms with Gasteiger partial charge in [0.2, 0.25) is 0 Å². The van der Waals surface area contributed by atoms with Crippen molar-refractivity contribution in [3.8, 4) is 0 Å². The molecule has 0 radical (unpaired) electrons. The van der Waals surface area contributed by atoms with Crippen molar-refractivity contribution in [1.29, 1.82) is 0 Å². The Hall–Kier alpha value is -0.0800. The highest BCUT2D eigenvalue weighted by molar-refractivity contribution is 4.75. The van der Waals surface area contributed by atoms with Crippen LogP contribution in [-0.2, 0) is 0 Å². The van der Waals surface area contributed by atoms with Gasteiger partial charge in [0.15, 0.2) is 0 Å². The van der Waals surface area contributed by atoms with Crippen LogP contribution in [0.4, 0.5) is 0 Å². The predicted molar refractivity (Wildman–Crippen MR) is 81.0 cm³/mol. The number of unbranched alkanes of at least 4 members (excludes halogenated alkanes) is 2. The van der Waals surface area contributed by atoms with Gasteiger partial charge >= 0.3 is 0 Å². The SMILES string of the molecule is CCCCN(CCCC)C(CCC)CC(O)CC. The maximum Gasteiger partial charge on any atom is 0.0552 e. The Morgan fingerprint density at radius 1 is 0.889 bits per heavy atom. The summed E-state index contributed by atoms with van der Waals surface area (Å²) in [6.07, 6.45) is 9.26. The third-order valence-electron chi connectivity index (χ3n) is 3.75. The lowest BCUT2D eigenvalue weighted by molar-refractivity contribution is 0.0916. The summed E-state index contributed by atoms with van der Waals surface area (Å²) in [5.74, 6) is 0. The molecule has 110 valence electrons. The van der Waals surface area contributed by atoms with Gasteiger partial charge in [0.05, 0.1) is 6.10 Å². The minimum atomic E-state index is -0.118. The van der Waals surface area contributed by atoms with Crippen molar-refractivity contribution in [2.75, 3.05) is 13.1 Å². The minimum Gasteiger partial charge on any atom is -0.393 e. The van der Waals surface area contributed by atoms with Crippen LogP contribution >= 0.6 is 0 Å². The molecular formula is C16H35NO. The second-order valence-corrected chi connectivity index (χ2v) is 5.48. The zero-order valence-electron chi connectivity index (χ0n) is 13.1. The molecule has 2 atom stereocenters. The summed E-state index contributed by atoms with van der Waals surface area (Å²) in [7, 11) is 0. The van der Waals surface area contributed by atoms with Crippen molar-refractivity contribution in [3.63, 3.8) is 0 Å². The molecule has 2 nitrogen and oxygen atoms in total. The molecule has 0 saturated heterocycles. The van der Waals surface area contributed by atoms with Gasteiger partial charge in [-0.3, -0.25) is 0 Å². The maximum atomic E-state index is 9.93. The number of hydrogen-bond donors (Lipinski definition) is 1. The summed E-state index contributed by atoms with van der Waals surface area (Å²) in [6.45, 7) is 11.3. The average molecular weight is 257 g/mol. The van der Waals surface area contributed by atoms with E-state index in [1.54, 1.807) is 0 Å². The molecule has 0 aromatic rings. The van der Waals surface area contributed by atoms with Gasteiger partial charge in [-0.2, -0.15) is 0 Å². The van der Waals surface area contributed by atoms with Crippen LogP contribution in [-0.4, -0.2) is 35.2 Å². The molecule has 0 aliphatic rings. The fourth-order valence-electron chi connectivity index (χ4n) is 2.46. The number of aliphatic hydroxyl groups is 1. The van der Waals surface area contributed by atoms with Crippen molar-refractivity contribution in [2.24, 2.45) is 0 Å². The predicted octanol–water partition coefficient (Wildman–Crippen LogP) is 4.22. The van der Waals surface area contributed by atoms with Gasteiger partial charge in [-0.1, -0.05) is 47.0 Å². The zero-order chi connectivity index (χ0) is 13.8. The van der Waals surface area contributed by atoms with Gasteiger partial charge in [-0.25, -0.2) is 0 Å².